The summed E-state index contributed by atoms with van der Waals surface area (Å²) in [5, 5.41) is 2.64. The Hall–Kier alpha value is -2.82. The topological polar surface area (TPSA) is 94.6 Å². The smallest absolute Gasteiger partial charge is 0.255 e. The van der Waals surface area contributed by atoms with Crippen LogP contribution in [0.3, 0.4) is 0 Å². The number of nitrogens with zero attached hydrogens (tertiary/aromatic N) is 3. The average Bonchev–Trinajstić information content (AvgIpc) is 2.71. The van der Waals surface area contributed by atoms with Crippen LogP contribution in [0.4, 0.5) is 0 Å². The van der Waals surface area contributed by atoms with Crippen LogP contribution < -0.4 is 10.3 Å². The van der Waals surface area contributed by atoms with Crippen molar-refractivity contribution in [3.05, 3.63) is 72.6 Å². The number of hydrogen-bond acceptors (Lipinski definition) is 6. The van der Waals surface area contributed by atoms with E-state index in [2.05, 4.69) is 21.8 Å². The van der Waals surface area contributed by atoms with Gasteiger partial charge in [0, 0.05) is 19.8 Å². The van der Waals surface area contributed by atoms with E-state index < -0.39 is 21.7 Å². The highest BCUT2D eigenvalue weighted by Gasteiger charge is 2.22. The summed E-state index contributed by atoms with van der Waals surface area (Å²) in [6, 6.07) is 14.4. The van der Waals surface area contributed by atoms with Crippen LogP contribution in [0.25, 0.3) is 5.70 Å². The molecule has 0 saturated carbocycles. The second-order valence-corrected chi connectivity index (χ2v) is 8.11. The molecule has 0 atom stereocenters. The fourth-order valence-electron chi connectivity index (χ4n) is 2.36. The minimum absolute atomic E-state index is 0.214. The van der Waals surface area contributed by atoms with Gasteiger partial charge in [0.25, 0.3) is 5.91 Å². The molecule has 0 unspecified atom stereocenters. The van der Waals surface area contributed by atoms with Gasteiger partial charge >= 0.3 is 0 Å². The number of sulfonamides is 1. The first kappa shape index (κ1) is 22.5. The average molecular weight is 434 g/mol. The number of carbonyl (C=O) groups is 1. The zero-order valence-corrected chi connectivity index (χ0v) is 17.8. The largest absolute Gasteiger partial charge is 0.289 e. The Morgan fingerprint density at radius 1 is 1.17 bits per heavy atom. The number of benzene rings is 1. The number of amides is 1. The van der Waals surface area contributed by atoms with E-state index in [-0.39, 0.29) is 11.5 Å². The number of hydrogen-bond donors (Lipinski definition) is 2. The van der Waals surface area contributed by atoms with Crippen molar-refractivity contribution in [3.63, 3.8) is 0 Å². The third kappa shape index (κ3) is 6.63. The van der Waals surface area contributed by atoms with Crippen LogP contribution in [0.2, 0.25) is 0 Å². The number of rotatable bonds is 9. The third-order valence-electron chi connectivity index (χ3n) is 3.82. The second-order valence-electron chi connectivity index (χ2n) is 6.02. The van der Waals surface area contributed by atoms with E-state index in [1.54, 1.807) is 38.4 Å². The molecule has 0 fully saturated rings. The van der Waals surface area contributed by atoms with E-state index in [0.717, 1.165) is 5.56 Å². The fraction of sp³-hybridized carbons (Fsp3) is 0.211. The van der Waals surface area contributed by atoms with Gasteiger partial charge in [0.1, 0.15) is 10.7 Å². The van der Waals surface area contributed by atoms with Gasteiger partial charge in [-0.3, -0.25) is 25.2 Å². The Kier molecular flexibility index (Phi) is 7.82. The molecule has 29 heavy (non-hydrogen) atoms. The molecule has 0 aliphatic carbocycles. The van der Waals surface area contributed by atoms with Crippen LogP contribution in [-0.4, -0.2) is 53.7 Å². The van der Waals surface area contributed by atoms with Crippen LogP contribution in [0.5, 0.6) is 0 Å². The lowest BCUT2D eigenvalue weighted by Crippen LogP contribution is -2.49. The molecule has 0 spiro atoms. The Balaban J connectivity index is 1.97. The van der Waals surface area contributed by atoms with Gasteiger partial charge in [-0.15, -0.1) is 4.83 Å². The van der Waals surface area contributed by atoms with Gasteiger partial charge in [-0.25, -0.2) is 8.42 Å². The summed E-state index contributed by atoms with van der Waals surface area (Å²) in [6.07, 6.45) is 1.56. The lowest BCUT2D eigenvalue weighted by atomic mass is 10.2. The van der Waals surface area contributed by atoms with Crippen molar-refractivity contribution in [3.8, 4) is 0 Å². The monoisotopic (exact) mass is 433 g/mol. The van der Waals surface area contributed by atoms with Crippen molar-refractivity contribution in [2.75, 3.05) is 19.3 Å². The highest BCUT2D eigenvalue weighted by molar-refractivity contribution is 7.90. The summed E-state index contributed by atoms with van der Waals surface area (Å²) in [4.78, 5) is 18.9. The summed E-state index contributed by atoms with van der Waals surface area (Å²) < 4.78 is 24.9. The Bertz CT molecular complexity index is 966. The SMILES string of the molecule is C=C(c1ccccc1)N(C)NC(=O)CS(=O)(=O)NN(CC)C(=S)c1ccccn1. The molecule has 1 heterocycles. The van der Waals surface area contributed by atoms with E-state index in [1.165, 1.54) is 10.0 Å². The van der Waals surface area contributed by atoms with Gasteiger partial charge in [-0.2, -0.15) is 0 Å². The van der Waals surface area contributed by atoms with Crippen molar-refractivity contribution < 1.29 is 13.2 Å². The first-order chi connectivity index (χ1) is 13.7. The first-order valence-corrected chi connectivity index (χ1v) is 10.8. The molecule has 1 aromatic heterocycles. The normalized spacial score (nSPS) is 10.8. The zero-order chi connectivity index (χ0) is 21.4. The molecule has 0 bridgehead atoms. The first-order valence-electron chi connectivity index (χ1n) is 8.74. The molecule has 154 valence electrons. The van der Waals surface area contributed by atoms with Crippen LogP contribution >= 0.6 is 12.2 Å². The number of aromatic nitrogens is 1. The van der Waals surface area contributed by atoms with E-state index in [9.17, 15) is 13.2 Å². The minimum Gasteiger partial charge on any atom is -0.289 e. The van der Waals surface area contributed by atoms with Crippen LogP contribution in [-0.2, 0) is 14.8 Å². The predicted molar refractivity (Wildman–Crippen MR) is 117 cm³/mol. The van der Waals surface area contributed by atoms with Crippen LogP contribution in [0.15, 0.2) is 61.3 Å². The minimum atomic E-state index is -3.99. The summed E-state index contributed by atoms with van der Waals surface area (Å²) in [5.74, 6) is -1.49. The zero-order valence-electron chi connectivity index (χ0n) is 16.2. The summed E-state index contributed by atoms with van der Waals surface area (Å²) >= 11 is 5.30. The summed E-state index contributed by atoms with van der Waals surface area (Å²) in [5.41, 5.74) is 4.28. The predicted octanol–water partition coefficient (Wildman–Crippen LogP) is 1.55. The number of pyridine rings is 1. The number of nitrogens with one attached hydrogen (secondary N) is 2. The summed E-state index contributed by atoms with van der Waals surface area (Å²) in [6.45, 7) is 5.90. The van der Waals surface area contributed by atoms with E-state index in [4.69, 9.17) is 12.2 Å². The molecule has 1 aromatic carbocycles. The highest BCUT2D eigenvalue weighted by Crippen LogP contribution is 2.13. The maximum absolute atomic E-state index is 12.4. The fourth-order valence-corrected chi connectivity index (χ4v) is 3.74. The van der Waals surface area contributed by atoms with Gasteiger partial charge in [-0.05, 0) is 24.6 Å². The van der Waals surface area contributed by atoms with E-state index in [0.29, 0.717) is 11.4 Å². The third-order valence-corrected chi connectivity index (χ3v) is 5.39. The molecule has 0 aliphatic rings. The molecular formula is C19H23N5O3S2. The molecular weight excluding hydrogens is 410 g/mol. The van der Waals surface area contributed by atoms with Gasteiger partial charge in [0.15, 0.2) is 0 Å². The van der Waals surface area contributed by atoms with Gasteiger partial charge < -0.3 is 0 Å². The van der Waals surface area contributed by atoms with Crippen molar-refractivity contribution >= 4 is 38.8 Å². The Morgan fingerprint density at radius 2 is 1.83 bits per heavy atom. The van der Waals surface area contributed by atoms with E-state index in [1.807, 2.05) is 30.3 Å². The molecule has 2 N–H and O–H groups in total. The lowest BCUT2D eigenvalue weighted by Gasteiger charge is -2.25. The maximum Gasteiger partial charge on any atom is 0.255 e. The molecule has 0 radical (unpaired) electrons. The van der Waals surface area contributed by atoms with Crippen LogP contribution in [0.1, 0.15) is 18.2 Å². The summed E-state index contributed by atoms with van der Waals surface area (Å²) in [7, 11) is -2.40. The Morgan fingerprint density at radius 3 is 2.41 bits per heavy atom. The maximum atomic E-state index is 12.4. The standard InChI is InChI=1S/C19H23N5O3S2/c1-4-24(19(28)17-12-8-9-13-20-17)22-29(26,27)14-18(25)21-23(3)15(2)16-10-6-5-7-11-16/h5-13,22H,2,4,14H2,1,3H3,(H,21,25). The second kappa shape index (κ2) is 10.1. The molecule has 1 amide bonds. The van der Waals surface area contributed by atoms with Crippen LogP contribution in [0, 0.1) is 0 Å². The van der Waals surface area contributed by atoms with Crippen molar-refractivity contribution in [2.45, 2.75) is 6.92 Å². The number of thiocarbonyl (C=S) groups is 1. The highest BCUT2D eigenvalue weighted by atomic mass is 32.2. The van der Waals surface area contributed by atoms with Crippen molar-refractivity contribution in [2.24, 2.45) is 0 Å². The van der Waals surface area contributed by atoms with Gasteiger partial charge in [-0.1, -0.05) is 55.2 Å². The van der Waals surface area contributed by atoms with Gasteiger partial charge in [0.05, 0.1) is 11.4 Å². The molecule has 10 heteroatoms. The Labute approximate surface area is 176 Å². The molecule has 0 saturated heterocycles. The van der Waals surface area contributed by atoms with E-state index >= 15 is 0 Å². The molecule has 0 aliphatic heterocycles. The number of hydrazine groups is 2. The van der Waals surface area contributed by atoms with Gasteiger partial charge in [0.2, 0.25) is 10.0 Å². The number of carbonyl (C=O) groups excluding carboxylic acids is 1. The quantitative estimate of drug-likeness (QED) is 0.458. The van der Waals surface area contributed by atoms with Crippen molar-refractivity contribution in [1.29, 1.82) is 0 Å². The van der Waals surface area contributed by atoms with Crippen molar-refractivity contribution in [1.82, 2.24) is 25.3 Å². The molecule has 2 rings (SSSR count). The molecule has 8 nitrogen and oxygen atoms in total. The molecule has 2 aromatic rings. The lowest BCUT2D eigenvalue weighted by molar-refractivity contribution is -0.121.